The van der Waals surface area contributed by atoms with Crippen LogP contribution >= 0.6 is 0 Å². The first-order valence-electron chi connectivity index (χ1n) is 9.28. The van der Waals surface area contributed by atoms with Crippen molar-refractivity contribution >= 4 is 17.5 Å². The number of carbonyl (C=O) groups is 3. The summed E-state index contributed by atoms with van der Waals surface area (Å²) in [5.74, 6) is -0.173. The number of nitrogens with one attached hydrogen (secondary N) is 1. The first kappa shape index (κ1) is 21.4. The minimum atomic E-state index is -0.990. The maximum atomic E-state index is 12.6. The van der Waals surface area contributed by atoms with Crippen molar-refractivity contribution in [1.29, 1.82) is 0 Å². The molecule has 0 saturated heterocycles. The van der Waals surface area contributed by atoms with Crippen LogP contribution in [0.1, 0.15) is 71.3 Å². The van der Waals surface area contributed by atoms with Crippen LogP contribution in [0.15, 0.2) is 24.3 Å². The average molecular weight is 385 g/mol. The largest absolute Gasteiger partial charge is 0.482 e. The van der Waals surface area contributed by atoms with Crippen molar-refractivity contribution in [2.24, 2.45) is 0 Å². The number of aryl methyl sites for hydroxylation is 1. The van der Waals surface area contributed by atoms with Crippen LogP contribution in [0.25, 0.3) is 0 Å². The van der Waals surface area contributed by atoms with Gasteiger partial charge >= 0.3 is 5.97 Å². The molecule has 0 aliphatic rings. The van der Waals surface area contributed by atoms with Gasteiger partial charge in [0, 0.05) is 11.3 Å². The van der Waals surface area contributed by atoms with Crippen molar-refractivity contribution in [3.63, 3.8) is 0 Å². The molecule has 0 bridgehead atoms. The summed E-state index contributed by atoms with van der Waals surface area (Å²) in [5.41, 5.74) is 3.15. The molecule has 0 spiro atoms. The number of hydrogen-bond donors (Lipinski definition) is 1. The second-order valence-corrected chi connectivity index (χ2v) is 7.19. The second kappa shape index (κ2) is 8.87. The summed E-state index contributed by atoms with van der Waals surface area (Å²) >= 11 is 0. The highest BCUT2D eigenvalue weighted by Gasteiger charge is 2.26. The molecule has 0 aliphatic heterocycles. The van der Waals surface area contributed by atoms with Gasteiger partial charge in [-0.2, -0.15) is 0 Å². The van der Waals surface area contributed by atoms with E-state index in [1.165, 1.54) is 19.4 Å². The molecule has 0 saturated carbocycles. The van der Waals surface area contributed by atoms with Gasteiger partial charge in [0.15, 0.2) is 18.5 Å². The van der Waals surface area contributed by atoms with Crippen molar-refractivity contribution < 1.29 is 23.9 Å². The van der Waals surface area contributed by atoms with Crippen molar-refractivity contribution in [3.8, 4) is 5.75 Å². The predicted molar refractivity (Wildman–Crippen MR) is 106 cm³/mol. The van der Waals surface area contributed by atoms with Crippen molar-refractivity contribution in [3.05, 3.63) is 52.3 Å². The van der Waals surface area contributed by atoms with Gasteiger partial charge in [-0.15, -0.1) is 0 Å². The van der Waals surface area contributed by atoms with E-state index >= 15 is 0 Å². The van der Waals surface area contributed by atoms with Gasteiger partial charge in [-0.3, -0.25) is 9.59 Å². The molecule has 1 aromatic heterocycles. The molecule has 0 amide bonds. The monoisotopic (exact) mass is 385 g/mol. The zero-order valence-electron chi connectivity index (χ0n) is 17.2. The topological polar surface area (TPSA) is 85.5 Å². The Morgan fingerprint density at radius 3 is 2.14 bits per heavy atom. The summed E-state index contributed by atoms with van der Waals surface area (Å²) in [4.78, 5) is 39.3. The Bertz CT molecular complexity index is 877. The molecule has 0 unspecified atom stereocenters. The molecule has 150 valence electrons. The Morgan fingerprint density at radius 2 is 1.64 bits per heavy atom. The molecule has 6 heteroatoms. The molecule has 2 rings (SSSR count). The molecule has 1 heterocycles. The standard InChI is InChI=1S/C22H27NO5/c1-12(2)17-7-9-18(10-8-17)27-11-19(25)28-16(6)22(26)21-13(3)20(15(5)24)14(4)23-21/h7-10,12,16,23H,11H2,1-6H3/t16-/m0/s1. The Labute approximate surface area is 165 Å². The first-order valence-corrected chi connectivity index (χ1v) is 9.28. The number of H-pyrrole nitrogens is 1. The first-order chi connectivity index (χ1) is 13.1. The summed E-state index contributed by atoms with van der Waals surface area (Å²) < 4.78 is 10.6. The molecule has 2 aromatic rings. The van der Waals surface area contributed by atoms with Crippen LogP contribution in [0, 0.1) is 13.8 Å². The van der Waals surface area contributed by atoms with Gasteiger partial charge < -0.3 is 14.5 Å². The van der Waals surface area contributed by atoms with E-state index in [1.54, 1.807) is 26.0 Å². The molecule has 6 nitrogen and oxygen atoms in total. The van der Waals surface area contributed by atoms with Gasteiger partial charge in [0.25, 0.3) is 0 Å². The van der Waals surface area contributed by atoms with E-state index in [9.17, 15) is 14.4 Å². The summed E-state index contributed by atoms with van der Waals surface area (Å²) in [6.45, 7) is 10.3. The van der Waals surface area contributed by atoms with Crippen LogP contribution < -0.4 is 4.74 Å². The highest BCUT2D eigenvalue weighted by atomic mass is 16.6. The van der Waals surface area contributed by atoms with E-state index in [0.29, 0.717) is 28.5 Å². The lowest BCUT2D eigenvalue weighted by Gasteiger charge is -2.13. The number of benzene rings is 1. The summed E-state index contributed by atoms with van der Waals surface area (Å²) in [6, 6.07) is 7.48. The molecular formula is C22H27NO5. The molecule has 1 atom stereocenters. The highest BCUT2D eigenvalue weighted by Crippen LogP contribution is 2.21. The number of esters is 1. The molecule has 0 radical (unpaired) electrons. The third kappa shape index (κ3) is 4.88. The second-order valence-electron chi connectivity index (χ2n) is 7.19. The number of aromatic nitrogens is 1. The van der Waals surface area contributed by atoms with Crippen LogP contribution in [0.5, 0.6) is 5.75 Å². The van der Waals surface area contributed by atoms with Crippen LogP contribution in [0.4, 0.5) is 0 Å². The maximum Gasteiger partial charge on any atom is 0.344 e. The van der Waals surface area contributed by atoms with Crippen molar-refractivity contribution in [2.45, 2.75) is 53.6 Å². The van der Waals surface area contributed by atoms with Crippen LogP contribution in [-0.4, -0.2) is 35.2 Å². The van der Waals surface area contributed by atoms with E-state index in [1.807, 2.05) is 12.1 Å². The van der Waals surface area contributed by atoms with E-state index in [4.69, 9.17) is 9.47 Å². The lowest BCUT2D eigenvalue weighted by Crippen LogP contribution is -2.28. The lowest BCUT2D eigenvalue weighted by molar-refractivity contribution is -0.148. The summed E-state index contributed by atoms with van der Waals surface area (Å²) in [7, 11) is 0. The van der Waals surface area contributed by atoms with Gasteiger partial charge in [0.1, 0.15) is 5.75 Å². The van der Waals surface area contributed by atoms with Gasteiger partial charge in [0.05, 0.1) is 5.69 Å². The SMILES string of the molecule is CC(=O)c1c(C)[nH]c(C(=O)[C@H](C)OC(=O)COc2ccc(C(C)C)cc2)c1C. The Kier molecular flexibility index (Phi) is 6.78. The molecular weight excluding hydrogens is 358 g/mol. The number of aromatic amines is 1. The zero-order chi connectivity index (χ0) is 21.0. The van der Waals surface area contributed by atoms with E-state index in [2.05, 4.69) is 18.8 Å². The van der Waals surface area contributed by atoms with Crippen molar-refractivity contribution in [2.75, 3.05) is 6.61 Å². The Morgan fingerprint density at radius 1 is 1.04 bits per heavy atom. The minimum absolute atomic E-state index is 0.119. The molecule has 28 heavy (non-hydrogen) atoms. The lowest BCUT2D eigenvalue weighted by atomic mass is 10.0. The normalized spacial score (nSPS) is 12.0. The van der Waals surface area contributed by atoms with Gasteiger partial charge in [-0.1, -0.05) is 26.0 Å². The Balaban J connectivity index is 1.95. The number of hydrogen-bond acceptors (Lipinski definition) is 5. The number of carbonyl (C=O) groups excluding carboxylic acids is 3. The summed E-state index contributed by atoms with van der Waals surface area (Å²) in [5, 5.41) is 0. The zero-order valence-corrected chi connectivity index (χ0v) is 17.2. The fraction of sp³-hybridized carbons (Fsp3) is 0.409. The predicted octanol–water partition coefficient (Wildman–Crippen LogP) is 4.15. The van der Waals surface area contributed by atoms with Crippen LogP contribution in [0.2, 0.25) is 0 Å². The van der Waals surface area contributed by atoms with Crippen LogP contribution in [-0.2, 0) is 9.53 Å². The highest BCUT2D eigenvalue weighted by molar-refractivity contribution is 6.05. The van der Waals surface area contributed by atoms with Gasteiger partial charge in [-0.05, 0) is 56.9 Å². The fourth-order valence-electron chi connectivity index (χ4n) is 3.10. The fourth-order valence-corrected chi connectivity index (χ4v) is 3.10. The van der Waals surface area contributed by atoms with Crippen molar-refractivity contribution in [1.82, 2.24) is 4.98 Å². The number of Topliss-reactive ketones (excluding diaryl/α,β-unsaturated/α-hetero) is 2. The van der Waals surface area contributed by atoms with Gasteiger partial charge in [-0.25, -0.2) is 4.79 Å². The molecule has 0 fully saturated rings. The number of ether oxygens (including phenoxy) is 2. The molecule has 1 N–H and O–H groups in total. The smallest absolute Gasteiger partial charge is 0.344 e. The van der Waals surface area contributed by atoms with Gasteiger partial charge in [0.2, 0.25) is 5.78 Å². The average Bonchev–Trinajstić information content (AvgIpc) is 2.93. The van der Waals surface area contributed by atoms with E-state index in [0.717, 1.165) is 0 Å². The third-order valence-electron chi connectivity index (χ3n) is 4.62. The number of ketones is 2. The minimum Gasteiger partial charge on any atom is -0.482 e. The number of rotatable bonds is 8. The molecule has 1 aromatic carbocycles. The Hall–Kier alpha value is -2.89. The third-order valence-corrected chi connectivity index (χ3v) is 4.62. The quantitative estimate of drug-likeness (QED) is 0.545. The molecule has 0 aliphatic carbocycles. The van der Waals surface area contributed by atoms with E-state index in [-0.39, 0.29) is 23.9 Å². The van der Waals surface area contributed by atoms with Crippen LogP contribution in [0.3, 0.4) is 0 Å². The maximum absolute atomic E-state index is 12.6. The summed E-state index contributed by atoms with van der Waals surface area (Å²) in [6.07, 6.45) is -0.990. The van der Waals surface area contributed by atoms with E-state index < -0.39 is 12.1 Å².